The zero-order valence-electron chi connectivity index (χ0n) is 20.1. The van der Waals surface area contributed by atoms with E-state index in [9.17, 15) is 9.90 Å². The summed E-state index contributed by atoms with van der Waals surface area (Å²) in [5, 5.41) is 15.0. The summed E-state index contributed by atoms with van der Waals surface area (Å²) in [7, 11) is 1.64. The van der Waals surface area contributed by atoms with Gasteiger partial charge in [0.25, 0.3) is 0 Å². The van der Waals surface area contributed by atoms with Gasteiger partial charge in [0.2, 0.25) is 5.91 Å². The minimum Gasteiger partial charge on any atom is -0.506 e. The lowest BCUT2D eigenvalue weighted by Crippen LogP contribution is -2.48. The Morgan fingerprint density at radius 3 is 2.36 bits per heavy atom. The van der Waals surface area contributed by atoms with Gasteiger partial charge < -0.3 is 19.6 Å². The number of hydrogen-bond acceptors (Lipinski definition) is 5. The second-order valence-electron chi connectivity index (χ2n) is 8.55. The van der Waals surface area contributed by atoms with Crippen LogP contribution in [-0.4, -0.2) is 59.0 Å². The molecule has 1 aliphatic rings. The molecule has 2 heterocycles. The number of carbonyl (C=O) groups is 1. The average molecular weight is 481 g/mol. The van der Waals surface area contributed by atoms with Crippen molar-refractivity contribution in [1.29, 1.82) is 0 Å². The van der Waals surface area contributed by atoms with E-state index in [4.69, 9.17) is 9.84 Å². The predicted octanol–water partition coefficient (Wildman–Crippen LogP) is 4.62. The fraction of sp³-hybridized carbons (Fsp3) is 0.172. The normalized spacial score (nSPS) is 13.8. The number of amides is 1. The second-order valence-corrected chi connectivity index (χ2v) is 8.55. The molecule has 5 rings (SSSR count). The molecule has 1 fully saturated rings. The molecule has 7 nitrogen and oxygen atoms in total. The van der Waals surface area contributed by atoms with Crippen LogP contribution in [-0.2, 0) is 4.79 Å². The quantitative estimate of drug-likeness (QED) is 0.408. The minimum absolute atomic E-state index is 0.0506. The number of rotatable bonds is 6. The number of ether oxygens (including phenoxy) is 1. The van der Waals surface area contributed by atoms with Crippen molar-refractivity contribution in [3.63, 3.8) is 0 Å². The number of piperazine rings is 1. The van der Waals surface area contributed by atoms with Crippen LogP contribution in [0.5, 0.6) is 11.5 Å². The molecule has 1 aliphatic heterocycles. The fourth-order valence-electron chi connectivity index (χ4n) is 4.44. The van der Waals surface area contributed by atoms with Crippen LogP contribution in [0.4, 0.5) is 5.69 Å². The van der Waals surface area contributed by atoms with Gasteiger partial charge in [-0.2, -0.15) is 5.10 Å². The van der Waals surface area contributed by atoms with Crippen molar-refractivity contribution in [2.24, 2.45) is 0 Å². The Kier molecular flexibility index (Phi) is 6.71. The third-order valence-corrected chi connectivity index (χ3v) is 6.34. The van der Waals surface area contributed by atoms with Gasteiger partial charge in [0.05, 0.1) is 18.5 Å². The van der Waals surface area contributed by atoms with Crippen molar-refractivity contribution in [2.45, 2.75) is 0 Å². The topological polar surface area (TPSA) is 70.8 Å². The molecule has 182 valence electrons. The molecule has 0 saturated carbocycles. The smallest absolute Gasteiger partial charge is 0.246 e. The highest BCUT2D eigenvalue weighted by atomic mass is 16.5. The monoisotopic (exact) mass is 480 g/mol. The molecule has 1 saturated heterocycles. The van der Waals surface area contributed by atoms with E-state index in [1.54, 1.807) is 19.3 Å². The summed E-state index contributed by atoms with van der Waals surface area (Å²) >= 11 is 0. The maximum absolute atomic E-state index is 13.0. The summed E-state index contributed by atoms with van der Waals surface area (Å²) in [4.78, 5) is 17.0. The molecule has 0 aliphatic carbocycles. The molecule has 1 N–H and O–H groups in total. The van der Waals surface area contributed by atoms with Gasteiger partial charge in [-0.3, -0.25) is 4.79 Å². The van der Waals surface area contributed by atoms with Gasteiger partial charge in [0, 0.05) is 49.6 Å². The summed E-state index contributed by atoms with van der Waals surface area (Å²) in [6.07, 6.45) is 5.36. The highest BCUT2D eigenvalue weighted by molar-refractivity contribution is 5.93. The van der Waals surface area contributed by atoms with Crippen molar-refractivity contribution < 1.29 is 14.6 Å². The molecule has 1 aromatic heterocycles. The van der Waals surface area contributed by atoms with E-state index in [1.807, 2.05) is 94.7 Å². The van der Waals surface area contributed by atoms with Gasteiger partial charge in [0.15, 0.2) is 0 Å². The Morgan fingerprint density at radius 1 is 0.917 bits per heavy atom. The van der Waals surface area contributed by atoms with E-state index < -0.39 is 0 Å². The van der Waals surface area contributed by atoms with Crippen LogP contribution in [0.2, 0.25) is 0 Å². The molecule has 36 heavy (non-hydrogen) atoms. The molecule has 0 radical (unpaired) electrons. The van der Waals surface area contributed by atoms with Crippen molar-refractivity contribution >= 4 is 17.7 Å². The number of aromatic hydroxyl groups is 1. The molecular weight excluding hydrogens is 452 g/mol. The summed E-state index contributed by atoms with van der Waals surface area (Å²) in [6, 6.07) is 24.9. The van der Waals surface area contributed by atoms with Gasteiger partial charge in [-0.1, -0.05) is 42.5 Å². The number of hydrogen-bond donors (Lipinski definition) is 1. The van der Waals surface area contributed by atoms with Crippen molar-refractivity contribution in [3.8, 4) is 28.4 Å². The summed E-state index contributed by atoms with van der Waals surface area (Å²) in [6.45, 7) is 2.49. The first-order valence-corrected chi connectivity index (χ1v) is 11.9. The zero-order valence-corrected chi connectivity index (χ0v) is 20.1. The summed E-state index contributed by atoms with van der Waals surface area (Å²) in [5.41, 5.74) is 4.15. The number of anilines is 1. The average Bonchev–Trinajstić information content (AvgIpc) is 3.36. The molecule has 0 atom stereocenters. The third-order valence-electron chi connectivity index (χ3n) is 6.34. The molecule has 1 amide bonds. The Bertz CT molecular complexity index is 1370. The molecule has 4 aromatic rings. The van der Waals surface area contributed by atoms with Crippen molar-refractivity contribution in [3.05, 3.63) is 96.7 Å². The van der Waals surface area contributed by atoms with E-state index in [-0.39, 0.29) is 11.7 Å². The lowest BCUT2D eigenvalue weighted by atomic mass is 10.1. The third kappa shape index (κ3) is 4.81. The maximum atomic E-state index is 13.0. The lowest BCUT2D eigenvalue weighted by molar-refractivity contribution is -0.126. The van der Waals surface area contributed by atoms with Gasteiger partial charge in [-0.25, -0.2) is 4.68 Å². The SMILES string of the molecule is COc1ccccc1-c1nn(-c2ccccc2)cc1C=CC(=O)N1CCN(c2ccccc2O)CC1. The first-order chi connectivity index (χ1) is 17.6. The van der Waals surface area contributed by atoms with E-state index >= 15 is 0 Å². The van der Waals surface area contributed by atoms with Crippen LogP contribution < -0.4 is 9.64 Å². The van der Waals surface area contributed by atoms with Gasteiger partial charge in [-0.05, 0) is 42.5 Å². The van der Waals surface area contributed by atoms with E-state index in [1.165, 1.54) is 0 Å². The van der Waals surface area contributed by atoms with Crippen LogP contribution >= 0.6 is 0 Å². The Morgan fingerprint density at radius 2 is 1.61 bits per heavy atom. The highest BCUT2D eigenvalue weighted by Gasteiger charge is 2.22. The van der Waals surface area contributed by atoms with E-state index in [0.29, 0.717) is 26.2 Å². The number of nitrogens with zero attached hydrogens (tertiary/aromatic N) is 4. The Balaban J connectivity index is 1.37. The number of phenolic OH excluding ortho intramolecular Hbond substituents is 1. The largest absolute Gasteiger partial charge is 0.506 e. The first-order valence-electron chi connectivity index (χ1n) is 11.9. The van der Waals surface area contributed by atoms with Crippen LogP contribution in [0, 0.1) is 0 Å². The Hall–Kier alpha value is -4.52. The van der Waals surface area contributed by atoms with E-state index in [2.05, 4.69) is 4.90 Å². The standard InChI is InChI=1S/C29H28N4O3/c1-36-27-14-8-5-11-24(27)29-22(21-33(30-29)23-9-3-2-4-10-23)15-16-28(35)32-19-17-31(18-20-32)25-12-6-7-13-26(25)34/h2-16,21,34H,17-20H2,1H3. The molecule has 3 aromatic carbocycles. The zero-order chi connectivity index (χ0) is 24.9. The second kappa shape index (κ2) is 10.4. The maximum Gasteiger partial charge on any atom is 0.246 e. The molecular formula is C29H28N4O3. The van der Waals surface area contributed by atoms with Gasteiger partial charge in [0.1, 0.15) is 17.2 Å². The van der Waals surface area contributed by atoms with Crippen LogP contribution in [0.25, 0.3) is 23.0 Å². The molecule has 7 heteroatoms. The predicted molar refractivity (Wildman–Crippen MR) is 141 cm³/mol. The van der Waals surface area contributed by atoms with Crippen LogP contribution in [0.1, 0.15) is 5.56 Å². The molecule has 0 unspecified atom stereocenters. The number of para-hydroxylation sites is 4. The van der Waals surface area contributed by atoms with Crippen molar-refractivity contribution in [2.75, 3.05) is 38.2 Å². The van der Waals surface area contributed by atoms with E-state index in [0.717, 1.165) is 33.9 Å². The number of benzene rings is 3. The lowest BCUT2D eigenvalue weighted by Gasteiger charge is -2.35. The number of carbonyl (C=O) groups excluding carboxylic acids is 1. The fourth-order valence-corrected chi connectivity index (χ4v) is 4.44. The number of aromatic nitrogens is 2. The van der Waals surface area contributed by atoms with Crippen LogP contribution in [0.3, 0.4) is 0 Å². The Labute approximate surface area is 210 Å². The summed E-state index contributed by atoms with van der Waals surface area (Å²) in [5.74, 6) is 0.930. The summed E-state index contributed by atoms with van der Waals surface area (Å²) < 4.78 is 7.39. The number of phenols is 1. The van der Waals surface area contributed by atoms with Crippen molar-refractivity contribution in [1.82, 2.24) is 14.7 Å². The van der Waals surface area contributed by atoms with Gasteiger partial charge in [-0.15, -0.1) is 0 Å². The molecule has 0 bridgehead atoms. The van der Waals surface area contributed by atoms with Crippen LogP contribution in [0.15, 0.2) is 91.1 Å². The minimum atomic E-state index is -0.0506. The van der Waals surface area contributed by atoms with Gasteiger partial charge >= 0.3 is 0 Å². The highest BCUT2D eigenvalue weighted by Crippen LogP contribution is 2.32. The molecule has 0 spiro atoms. The first kappa shape index (κ1) is 23.2. The number of methoxy groups -OCH3 is 1.